The van der Waals surface area contributed by atoms with Crippen LogP contribution in [0.4, 0.5) is 0 Å². The van der Waals surface area contributed by atoms with Crippen molar-refractivity contribution in [3.8, 4) is 11.5 Å². The molecule has 5 nitrogen and oxygen atoms in total. The number of thiocarbonyl (C=S) groups is 1. The second-order valence-corrected chi connectivity index (χ2v) is 3.11. The number of hydrazone groups is 1. The van der Waals surface area contributed by atoms with Gasteiger partial charge in [-0.25, -0.2) is 0 Å². The third kappa shape index (κ3) is 3.43. The van der Waals surface area contributed by atoms with Crippen molar-refractivity contribution >= 4 is 23.5 Å². The van der Waals surface area contributed by atoms with Gasteiger partial charge in [-0.1, -0.05) is 0 Å². The largest absolute Gasteiger partial charge is 0.504 e. The summed E-state index contributed by atoms with van der Waals surface area (Å²) >= 11 is 4.57. The van der Waals surface area contributed by atoms with Gasteiger partial charge in [-0.3, -0.25) is 5.43 Å². The smallest absolute Gasteiger partial charge is 0.184 e. The van der Waals surface area contributed by atoms with Crippen LogP contribution < -0.4 is 15.9 Å². The van der Waals surface area contributed by atoms with Crippen molar-refractivity contribution in [1.29, 1.82) is 0 Å². The first-order valence-electron chi connectivity index (χ1n) is 4.09. The molecule has 0 saturated heterocycles. The second-order valence-electron chi connectivity index (χ2n) is 2.67. The molecule has 0 fully saturated rings. The van der Waals surface area contributed by atoms with E-state index in [4.69, 9.17) is 10.5 Å². The Kier molecular flexibility index (Phi) is 3.87. The van der Waals surface area contributed by atoms with Crippen molar-refractivity contribution in [3.05, 3.63) is 23.8 Å². The molecule has 0 heterocycles. The number of nitrogens with one attached hydrogen (secondary N) is 1. The molecule has 0 aliphatic heterocycles. The van der Waals surface area contributed by atoms with Gasteiger partial charge in [-0.15, -0.1) is 0 Å². The van der Waals surface area contributed by atoms with Crippen LogP contribution in [0.15, 0.2) is 23.3 Å². The fourth-order valence-electron chi connectivity index (χ4n) is 0.945. The summed E-state index contributed by atoms with van der Waals surface area (Å²) in [5, 5.41) is 13.2. The van der Waals surface area contributed by atoms with Crippen molar-refractivity contribution in [2.24, 2.45) is 10.8 Å². The Bertz CT molecular complexity index is 393. The van der Waals surface area contributed by atoms with Crippen LogP contribution >= 0.6 is 12.2 Å². The molecule has 80 valence electrons. The first kappa shape index (κ1) is 11.3. The summed E-state index contributed by atoms with van der Waals surface area (Å²) in [4.78, 5) is 0. The molecule has 15 heavy (non-hydrogen) atoms. The molecule has 6 heteroatoms. The van der Waals surface area contributed by atoms with Crippen LogP contribution in [0.5, 0.6) is 11.5 Å². The molecule has 1 aromatic rings. The number of phenols is 1. The molecule has 0 bridgehead atoms. The van der Waals surface area contributed by atoms with Gasteiger partial charge in [0.15, 0.2) is 16.6 Å². The van der Waals surface area contributed by atoms with Crippen LogP contribution in [0.3, 0.4) is 0 Å². The molecule has 1 aromatic carbocycles. The van der Waals surface area contributed by atoms with E-state index >= 15 is 0 Å². The number of hydrogen-bond acceptors (Lipinski definition) is 4. The van der Waals surface area contributed by atoms with Crippen LogP contribution in [0.2, 0.25) is 0 Å². The summed E-state index contributed by atoms with van der Waals surface area (Å²) in [6.07, 6.45) is 1.52. The lowest BCUT2D eigenvalue weighted by molar-refractivity contribution is 0.373. The first-order valence-corrected chi connectivity index (χ1v) is 4.50. The van der Waals surface area contributed by atoms with E-state index in [0.29, 0.717) is 5.75 Å². The minimum Gasteiger partial charge on any atom is -0.504 e. The highest BCUT2D eigenvalue weighted by molar-refractivity contribution is 7.80. The number of nitrogens with two attached hydrogens (primary N) is 1. The number of phenolic OH excluding ortho intramolecular Hbond substituents is 1. The van der Waals surface area contributed by atoms with E-state index in [9.17, 15) is 5.11 Å². The molecule has 0 saturated carbocycles. The number of benzene rings is 1. The molecule has 4 N–H and O–H groups in total. The van der Waals surface area contributed by atoms with E-state index in [0.717, 1.165) is 5.56 Å². The summed E-state index contributed by atoms with van der Waals surface area (Å²) in [7, 11) is 1.48. The van der Waals surface area contributed by atoms with Crippen molar-refractivity contribution < 1.29 is 9.84 Å². The monoisotopic (exact) mass is 225 g/mol. The Morgan fingerprint density at radius 3 is 3.00 bits per heavy atom. The van der Waals surface area contributed by atoms with Crippen molar-refractivity contribution in [2.45, 2.75) is 0 Å². The van der Waals surface area contributed by atoms with E-state index in [2.05, 4.69) is 22.7 Å². The number of hydrogen-bond donors (Lipinski definition) is 3. The van der Waals surface area contributed by atoms with Gasteiger partial charge in [0.2, 0.25) is 0 Å². The Balaban J connectivity index is 2.78. The van der Waals surface area contributed by atoms with Crippen molar-refractivity contribution in [1.82, 2.24) is 5.43 Å². The standard InChI is InChI=1S/C9H11N3O2S/c1-14-8-4-6(2-3-7(8)13)5-11-12-9(10)15/h2-5,13H,1H3,(H3,10,12,15)/b11-5-. The zero-order valence-electron chi connectivity index (χ0n) is 8.10. The number of ether oxygens (including phenoxy) is 1. The van der Waals surface area contributed by atoms with Crippen LogP contribution in [-0.2, 0) is 0 Å². The van der Waals surface area contributed by atoms with Crippen molar-refractivity contribution in [3.63, 3.8) is 0 Å². The van der Waals surface area contributed by atoms with Gasteiger partial charge in [0.1, 0.15) is 0 Å². The van der Waals surface area contributed by atoms with E-state index in [1.165, 1.54) is 19.4 Å². The first-order chi connectivity index (χ1) is 7.13. The Morgan fingerprint density at radius 1 is 1.67 bits per heavy atom. The quantitative estimate of drug-likeness (QED) is 0.398. The van der Waals surface area contributed by atoms with Crippen LogP contribution in [0.1, 0.15) is 5.56 Å². The predicted octanol–water partition coefficient (Wildman–Crippen LogP) is 0.568. The molecule has 0 aliphatic rings. The Hall–Kier alpha value is -1.82. The second kappa shape index (κ2) is 5.16. The van der Waals surface area contributed by atoms with Gasteiger partial charge >= 0.3 is 0 Å². The summed E-state index contributed by atoms with van der Waals surface area (Å²) in [6, 6.07) is 4.84. The molecule has 0 aliphatic carbocycles. The molecule has 0 atom stereocenters. The Morgan fingerprint density at radius 2 is 2.40 bits per heavy atom. The molecule has 1 rings (SSSR count). The normalized spacial score (nSPS) is 10.2. The average molecular weight is 225 g/mol. The van der Waals surface area contributed by atoms with Crippen LogP contribution in [0, 0.1) is 0 Å². The number of rotatable bonds is 3. The third-order valence-corrected chi connectivity index (χ3v) is 1.68. The third-order valence-electron chi connectivity index (χ3n) is 1.59. The maximum absolute atomic E-state index is 9.32. The van der Waals surface area contributed by atoms with Crippen molar-refractivity contribution in [2.75, 3.05) is 7.11 Å². The highest BCUT2D eigenvalue weighted by Crippen LogP contribution is 2.25. The van der Waals surface area contributed by atoms with Crippen LogP contribution in [-0.4, -0.2) is 23.5 Å². The highest BCUT2D eigenvalue weighted by Gasteiger charge is 2.00. The predicted molar refractivity (Wildman–Crippen MR) is 62.2 cm³/mol. The molecule has 0 spiro atoms. The van der Waals surface area contributed by atoms with Gasteiger partial charge in [-0.05, 0) is 36.0 Å². The van der Waals surface area contributed by atoms with E-state index in [1.807, 2.05) is 0 Å². The van der Waals surface area contributed by atoms with Crippen LogP contribution in [0.25, 0.3) is 0 Å². The number of nitrogens with zero attached hydrogens (tertiary/aromatic N) is 1. The summed E-state index contributed by atoms with van der Waals surface area (Å²) in [5.74, 6) is 0.464. The molecular weight excluding hydrogens is 214 g/mol. The molecule has 0 aromatic heterocycles. The molecule has 0 amide bonds. The molecule has 0 radical (unpaired) electrons. The lowest BCUT2D eigenvalue weighted by Crippen LogP contribution is -2.23. The zero-order valence-corrected chi connectivity index (χ0v) is 8.91. The Labute approximate surface area is 92.5 Å². The molecular formula is C9H11N3O2S. The van der Waals surface area contributed by atoms with E-state index in [1.54, 1.807) is 12.1 Å². The minimum atomic E-state index is 0.0805. The summed E-state index contributed by atoms with van der Waals surface area (Å²) < 4.78 is 4.93. The zero-order chi connectivity index (χ0) is 11.3. The lowest BCUT2D eigenvalue weighted by Gasteiger charge is -2.03. The molecule has 0 unspecified atom stereocenters. The maximum Gasteiger partial charge on any atom is 0.184 e. The van der Waals surface area contributed by atoms with E-state index < -0.39 is 0 Å². The summed E-state index contributed by atoms with van der Waals surface area (Å²) in [5.41, 5.74) is 8.36. The minimum absolute atomic E-state index is 0.0805. The van der Waals surface area contributed by atoms with Gasteiger partial charge in [0, 0.05) is 0 Å². The lowest BCUT2D eigenvalue weighted by atomic mass is 10.2. The SMILES string of the molecule is COc1cc(/C=N\NC(N)=S)ccc1O. The average Bonchev–Trinajstić information content (AvgIpc) is 2.20. The highest BCUT2D eigenvalue weighted by atomic mass is 32.1. The fourth-order valence-corrected chi connectivity index (χ4v) is 0.998. The number of methoxy groups -OCH3 is 1. The van der Waals surface area contributed by atoms with Gasteiger partial charge in [-0.2, -0.15) is 5.10 Å². The van der Waals surface area contributed by atoms with Gasteiger partial charge in [0.05, 0.1) is 13.3 Å². The fraction of sp³-hybridized carbons (Fsp3) is 0.111. The van der Waals surface area contributed by atoms with E-state index in [-0.39, 0.29) is 10.9 Å². The topological polar surface area (TPSA) is 79.9 Å². The van der Waals surface area contributed by atoms with Gasteiger partial charge < -0.3 is 15.6 Å². The van der Waals surface area contributed by atoms with Gasteiger partial charge in [0.25, 0.3) is 0 Å². The summed E-state index contributed by atoms with van der Waals surface area (Å²) in [6.45, 7) is 0. The maximum atomic E-state index is 9.32. The number of aromatic hydroxyl groups is 1.